The molecule has 1 aromatic carbocycles. The van der Waals surface area contributed by atoms with Gasteiger partial charge in [-0.1, -0.05) is 12.1 Å². The number of amidine groups is 1. The van der Waals surface area contributed by atoms with Gasteiger partial charge in [-0.15, -0.1) is 0 Å². The largest absolute Gasteiger partial charge is 0.409 e. The Morgan fingerprint density at radius 1 is 1.47 bits per heavy atom. The lowest BCUT2D eigenvalue weighted by Gasteiger charge is -2.21. The highest BCUT2D eigenvalue weighted by molar-refractivity contribution is 5.97. The Balaban J connectivity index is 2.72. The number of aliphatic hydroxyl groups is 1. The minimum atomic E-state index is -0.790. The molecule has 5 nitrogen and oxygen atoms in total. The minimum Gasteiger partial charge on any atom is -0.409 e. The number of nitrogens with one attached hydrogen (secondary N) is 1. The Morgan fingerprint density at radius 2 is 2.16 bits per heavy atom. The van der Waals surface area contributed by atoms with E-state index in [1.54, 1.807) is 13.0 Å². The number of hydrogen-bond donors (Lipinski definition) is 4. The standard InChI is InChI=1S/C13H20FN3O2/c1-3-13(2,18)8-16-7-9-4-10(12(15)17-19)6-11(14)5-9/h4-6,16,18-19H,3,7-8H2,1-2H3,(H2,15,17). The van der Waals surface area contributed by atoms with Crippen molar-refractivity contribution in [2.24, 2.45) is 10.9 Å². The average molecular weight is 269 g/mol. The van der Waals surface area contributed by atoms with Gasteiger partial charge in [0.15, 0.2) is 5.84 Å². The van der Waals surface area contributed by atoms with E-state index in [1.807, 2.05) is 6.92 Å². The molecule has 0 aliphatic carbocycles. The predicted molar refractivity (Wildman–Crippen MR) is 71.5 cm³/mol. The maximum absolute atomic E-state index is 13.4. The van der Waals surface area contributed by atoms with Crippen LogP contribution in [0.4, 0.5) is 4.39 Å². The second-order valence-electron chi connectivity index (χ2n) is 4.79. The van der Waals surface area contributed by atoms with Crippen LogP contribution in [0.5, 0.6) is 0 Å². The summed E-state index contributed by atoms with van der Waals surface area (Å²) < 4.78 is 13.4. The van der Waals surface area contributed by atoms with Crippen LogP contribution in [0.25, 0.3) is 0 Å². The van der Waals surface area contributed by atoms with Crippen LogP contribution >= 0.6 is 0 Å². The van der Waals surface area contributed by atoms with Gasteiger partial charge in [-0.25, -0.2) is 4.39 Å². The summed E-state index contributed by atoms with van der Waals surface area (Å²) in [7, 11) is 0. The summed E-state index contributed by atoms with van der Waals surface area (Å²) in [6.45, 7) is 4.41. The fourth-order valence-electron chi connectivity index (χ4n) is 1.56. The van der Waals surface area contributed by atoms with Crippen molar-refractivity contribution < 1.29 is 14.7 Å². The lowest BCUT2D eigenvalue weighted by Crippen LogP contribution is -2.36. The van der Waals surface area contributed by atoms with Gasteiger partial charge in [-0.2, -0.15) is 0 Å². The Hall–Kier alpha value is -1.66. The van der Waals surface area contributed by atoms with Crippen LogP contribution in [0.3, 0.4) is 0 Å². The summed E-state index contributed by atoms with van der Waals surface area (Å²) in [4.78, 5) is 0. The molecule has 106 valence electrons. The van der Waals surface area contributed by atoms with Gasteiger partial charge in [0, 0.05) is 18.7 Å². The van der Waals surface area contributed by atoms with E-state index in [9.17, 15) is 9.50 Å². The molecule has 0 spiro atoms. The maximum atomic E-state index is 13.4. The van der Waals surface area contributed by atoms with Gasteiger partial charge in [0.2, 0.25) is 0 Å². The highest BCUT2D eigenvalue weighted by Crippen LogP contribution is 2.10. The molecule has 0 aliphatic heterocycles. The van der Waals surface area contributed by atoms with Gasteiger partial charge in [0.1, 0.15) is 5.82 Å². The molecule has 0 radical (unpaired) electrons. The molecule has 0 heterocycles. The van der Waals surface area contributed by atoms with Crippen molar-refractivity contribution in [1.82, 2.24) is 5.32 Å². The van der Waals surface area contributed by atoms with Crippen LogP contribution in [0.1, 0.15) is 31.4 Å². The van der Waals surface area contributed by atoms with Crippen molar-refractivity contribution in [3.63, 3.8) is 0 Å². The quantitative estimate of drug-likeness (QED) is 0.270. The van der Waals surface area contributed by atoms with Crippen LogP contribution < -0.4 is 11.1 Å². The van der Waals surface area contributed by atoms with E-state index >= 15 is 0 Å². The molecule has 0 saturated heterocycles. The number of oxime groups is 1. The van der Waals surface area contributed by atoms with Crippen molar-refractivity contribution in [2.45, 2.75) is 32.4 Å². The predicted octanol–water partition coefficient (Wildman–Crippen LogP) is 1.17. The normalized spacial score (nSPS) is 15.3. The Kier molecular flexibility index (Phi) is 5.26. The lowest BCUT2D eigenvalue weighted by molar-refractivity contribution is 0.0555. The third-order valence-electron chi connectivity index (χ3n) is 2.96. The van der Waals surface area contributed by atoms with Crippen LogP contribution in [0, 0.1) is 5.82 Å². The van der Waals surface area contributed by atoms with Crippen molar-refractivity contribution in [1.29, 1.82) is 0 Å². The van der Waals surface area contributed by atoms with Gasteiger partial charge in [-0.05, 0) is 37.1 Å². The number of benzene rings is 1. The monoisotopic (exact) mass is 269 g/mol. The topological polar surface area (TPSA) is 90.9 Å². The van der Waals surface area contributed by atoms with Crippen molar-refractivity contribution in [3.05, 3.63) is 35.1 Å². The van der Waals surface area contributed by atoms with Crippen molar-refractivity contribution >= 4 is 5.84 Å². The third kappa shape index (κ3) is 4.84. The highest BCUT2D eigenvalue weighted by Gasteiger charge is 2.16. The van der Waals surface area contributed by atoms with E-state index in [2.05, 4.69) is 10.5 Å². The summed E-state index contributed by atoms with van der Waals surface area (Å²) >= 11 is 0. The summed E-state index contributed by atoms with van der Waals surface area (Å²) in [5, 5.41) is 24.3. The molecule has 1 aromatic rings. The molecule has 1 rings (SSSR count). The Bertz CT molecular complexity index is 461. The number of halogens is 1. The zero-order valence-corrected chi connectivity index (χ0v) is 11.2. The Morgan fingerprint density at radius 3 is 2.74 bits per heavy atom. The van der Waals surface area contributed by atoms with E-state index in [-0.39, 0.29) is 5.84 Å². The fraction of sp³-hybridized carbons (Fsp3) is 0.462. The molecule has 0 aliphatic rings. The number of hydrogen-bond acceptors (Lipinski definition) is 4. The molecular weight excluding hydrogens is 249 g/mol. The second kappa shape index (κ2) is 6.49. The molecule has 0 bridgehead atoms. The summed E-state index contributed by atoms with van der Waals surface area (Å²) in [6, 6.07) is 4.19. The summed E-state index contributed by atoms with van der Waals surface area (Å²) in [6.07, 6.45) is 0.624. The average Bonchev–Trinajstić information content (AvgIpc) is 2.37. The molecule has 6 heteroatoms. The first kappa shape index (κ1) is 15.4. The Labute approximate surface area is 111 Å². The van der Waals surface area contributed by atoms with Gasteiger partial charge >= 0.3 is 0 Å². The first-order valence-electron chi connectivity index (χ1n) is 6.08. The second-order valence-corrected chi connectivity index (χ2v) is 4.79. The first-order chi connectivity index (χ1) is 8.88. The number of nitrogens with zero attached hydrogens (tertiary/aromatic N) is 1. The SMILES string of the molecule is CCC(C)(O)CNCc1cc(F)cc(/C(N)=N/O)c1. The number of nitrogens with two attached hydrogens (primary N) is 1. The summed E-state index contributed by atoms with van der Waals surface area (Å²) in [5.74, 6) is -0.593. The van der Waals surface area contributed by atoms with E-state index < -0.39 is 11.4 Å². The third-order valence-corrected chi connectivity index (χ3v) is 2.96. The molecule has 0 fully saturated rings. The van der Waals surface area contributed by atoms with Gasteiger partial charge < -0.3 is 21.4 Å². The zero-order valence-electron chi connectivity index (χ0n) is 11.2. The van der Waals surface area contributed by atoms with Gasteiger partial charge in [0.05, 0.1) is 5.60 Å². The van der Waals surface area contributed by atoms with Crippen LogP contribution in [-0.2, 0) is 6.54 Å². The van der Waals surface area contributed by atoms with Crippen molar-refractivity contribution in [2.75, 3.05) is 6.54 Å². The van der Waals surface area contributed by atoms with Crippen LogP contribution in [0.2, 0.25) is 0 Å². The zero-order chi connectivity index (χ0) is 14.5. The molecule has 0 amide bonds. The fourth-order valence-corrected chi connectivity index (χ4v) is 1.56. The lowest BCUT2D eigenvalue weighted by atomic mass is 10.0. The molecule has 0 saturated carbocycles. The molecule has 1 atom stereocenters. The van der Waals surface area contributed by atoms with E-state index in [0.29, 0.717) is 30.6 Å². The summed E-state index contributed by atoms with van der Waals surface area (Å²) in [5.41, 5.74) is 5.62. The van der Waals surface area contributed by atoms with E-state index in [1.165, 1.54) is 12.1 Å². The highest BCUT2D eigenvalue weighted by atomic mass is 19.1. The van der Waals surface area contributed by atoms with Gasteiger partial charge in [0.25, 0.3) is 0 Å². The van der Waals surface area contributed by atoms with Gasteiger partial charge in [-0.3, -0.25) is 0 Å². The minimum absolute atomic E-state index is 0.138. The van der Waals surface area contributed by atoms with E-state index in [4.69, 9.17) is 10.9 Å². The first-order valence-corrected chi connectivity index (χ1v) is 6.08. The molecule has 5 N–H and O–H groups in total. The molecule has 1 unspecified atom stereocenters. The van der Waals surface area contributed by atoms with E-state index in [0.717, 1.165) is 0 Å². The molecule has 0 aromatic heterocycles. The maximum Gasteiger partial charge on any atom is 0.170 e. The van der Waals surface area contributed by atoms with Crippen LogP contribution in [0.15, 0.2) is 23.4 Å². The van der Waals surface area contributed by atoms with Crippen LogP contribution in [-0.4, -0.2) is 28.3 Å². The number of rotatable bonds is 6. The smallest absolute Gasteiger partial charge is 0.170 e. The van der Waals surface area contributed by atoms with Crippen molar-refractivity contribution in [3.8, 4) is 0 Å². The molecular formula is C13H20FN3O2. The molecule has 19 heavy (non-hydrogen) atoms.